The molecule has 2 N–H and O–H groups in total. The Morgan fingerprint density at radius 2 is 1.43 bits per heavy atom. The van der Waals surface area contributed by atoms with Gasteiger partial charge in [-0.3, -0.25) is 19.2 Å². The van der Waals surface area contributed by atoms with Gasteiger partial charge in [0.15, 0.2) is 11.5 Å². The van der Waals surface area contributed by atoms with Crippen molar-refractivity contribution in [3.8, 4) is 11.5 Å². The van der Waals surface area contributed by atoms with Gasteiger partial charge in [-0.2, -0.15) is 0 Å². The van der Waals surface area contributed by atoms with Crippen LogP contribution >= 0.6 is 0 Å². The summed E-state index contributed by atoms with van der Waals surface area (Å²) < 4.78 is 21.0. The molecule has 0 saturated carbocycles. The van der Waals surface area contributed by atoms with E-state index in [0.29, 0.717) is 5.56 Å². The van der Waals surface area contributed by atoms with Crippen LogP contribution < -0.4 is 15.2 Å². The normalized spacial score (nSPS) is 12.9. The monoisotopic (exact) mass is 493 g/mol. The van der Waals surface area contributed by atoms with Gasteiger partial charge in [0.1, 0.15) is 5.54 Å². The maximum Gasteiger partial charge on any atom is 0.326 e. The van der Waals surface area contributed by atoms with Crippen LogP contribution in [0.4, 0.5) is 0 Å². The van der Waals surface area contributed by atoms with Gasteiger partial charge in [0.2, 0.25) is 0 Å². The molecule has 0 aromatic heterocycles. The first kappa shape index (κ1) is 30.1. The molecule has 0 aliphatic carbocycles. The number of rotatable bonds is 13. The molecule has 9 nitrogen and oxygen atoms in total. The zero-order valence-electron chi connectivity index (χ0n) is 21.8. The van der Waals surface area contributed by atoms with E-state index in [0.717, 1.165) is 0 Å². The average Bonchev–Trinajstić information content (AvgIpc) is 2.73. The van der Waals surface area contributed by atoms with E-state index in [-0.39, 0.29) is 61.5 Å². The summed E-state index contributed by atoms with van der Waals surface area (Å²) in [4.78, 5) is 48.8. The highest BCUT2D eigenvalue weighted by Crippen LogP contribution is 2.31. The molecule has 0 aliphatic rings. The Labute approximate surface area is 207 Å². The molecule has 1 aromatic carbocycles. The molecule has 0 amide bonds. The van der Waals surface area contributed by atoms with E-state index in [4.69, 9.17) is 24.7 Å². The number of carbonyl (C=O) groups excluding carboxylic acids is 4. The van der Waals surface area contributed by atoms with Crippen molar-refractivity contribution in [2.75, 3.05) is 13.7 Å². The Kier molecular flexibility index (Phi) is 11.9. The highest BCUT2D eigenvalue weighted by molar-refractivity contribution is 5.81. The molecule has 0 bridgehead atoms. The van der Waals surface area contributed by atoms with Crippen molar-refractivity contribution in [2.45, 2.75) is 72.8 Å². The van der Waals surface area contributed by atoms with E-state index < -0.39 is 29.4 Å². The predicted octanol–water partition coefficient (Wildman–Crippen LogP) is 3.59. The van der Waals surface area contributed by atoms with Crippen molar-refractivity contribution in [3.63, 3.8) is 0 Å². The Hall–Kier alpha value is -2.94. The van der Waals surface area contributed by atoms with E-state index in [9.17, 15) is 19.2 Å². The molecule has 0 unspecified atom stereocenters. The number of nitrogens with two attached hydrogens (primary N) is 1. The fourth-order valence-corrected chi connectivity index (χ4v) is 3.15. The summed E-state index contributed by atoms with van der Waals surface area (Å²) in [7, 11) is 1.22. The lowest BCUT2D eigenvalue weighted by Crippen LogP contribution is -2.51. The molecular formula is C26H39NO8. The van der Waals surface area contributed by atoms with Crippen molar-refractivity contribution in [2.24, 2.45) is 23.5 Å². The first-order valence-electron chi connectivity index (χ1n) is 11.9. The van der Waals surface area contributed by atoms with E-state index in [2.05, 4.69) is 0 Å². The molecule has 9 heteroatoms. The highest BCUT2D eigenvalue weighted by atomic mass is 16.6. The Bertz CT molecular complexity index is 893. The van der Waals surface area contributed by atoms with Gasteiger partial charge in [0.05, 0.1) is 19.6 Å². The van der Waals surface area contributed by atoms with Crippen LogP contribution in [-0.2, 0) is 35.1 Å². The first-order valence-corrected chi connectivity index (χ1v) is 11.9. The van der Waals surface area contributed by atoms with E-state index in [1.807, 2.05) is 27.7 Å². The highest BCUT2D eigenvalue weighted by Gasteiger charge is 2.36. The fraction of sp³-hybridized carbons (Fsp3) is 0.615. The molecule has 1 aromatic rings. The predicted molar refractivity (Wildman–Crippen MR) is 130 cm³/mol. The number of methoxy groups -OCH3 is 1. The Morgan fingerprint density at radius 1 is 0.886 bits per heavy atom. The third-order valence-corrected chi connectivity index (χ3v) is 4.98. The number of benzene rings is 1. The lowest BCUT2D eigenvalue weighted by Gasteiger charge is -2.27. The van der Waals surface area contributed by atoms with Crippen LogP contribution in [0.25, 0.3) is 0 Å². The lowest BCUT2D eigenvalue weighted by molar-refractivity contribution is -0.152. The van der Waals surface area contributed by atoms with Crippen LogP contribution in [0.1, 0.15) is 66.4 Å². The van der Waals surface area contributed by atoms with Crippen molar-refractivity contribution in [1.82, 2.24) is 0 Å². The van der Waals surface area contributed by atoms with Crippen LogP contribution in [0.3, 0.4) is 0 Å². The molecule has 35 heavy (non-hydrogen) atoms. The minimum Gasteiger partial charge on any atom is -0.468 e. The SMILES string of the molecule is COC(=O)[C@@](N)(CCOC(=O)C(C)C)Cc1ccc(OC(=O)CC(C)C)c(OC(=O)CC(C)C)c1. The zero-order chi connectivity index (χ0) is 26.8. The van der Waals surface area contributed by atoms with Crippen molar-refractivity contribution >= 4 is 23.9 Å². The van der Waals surface area contributed by atoms with Gasteiger partial charge in [0.25, 0.3) is 0 Å². The second-order valence-corrected chi connectivity index (χ2v) is 9.82. The summed E-state index contributed by atoms with van der Waals surface area (Å²) in [6, 6.07) is 4.64. The van der Waals surface area contributed by atoms with Gasteiger partial charge in [-0.05, 0) is 29.5 Å². The van der Waals surface area contributed by atoms with Crippen LogP contribution in [0, 0.1) is 17.8 Å². The molecule has 0 saturated heterocycles. The number of ether oxygens (including phenoxy) is 4. The van der Waals surface area contributed by atoms with Crippen LogP contribution in [0.2, 0.25) is 0 Å². The van der Waals surface area contributed by atoms with E-state index in [1.165, 1.54) is 19.2 Å². The van der Waals surface area contributed by atoms with Gasteiger partial charge in [-0.1, -0.05) is 47.6 Å². The summed E-state index contributed by atoms with van der Waals surface area (Å²) in [6.45, 7) is 10.9. The minimum absolute atomic E-state index is 0.00779. The maximum absolute atomic E-state index is 12.5. The van der Waals surface area contributed by atoms with Gasteiger partial charge in [0, 0.05) is 25.7 Å². The minimum atomic E-state index is -1.50. The molecule has 0 fully saturated rings. The maximum atomic E-state index is 12.5. The summed E-state index contributed by atoms with van der Waals surface area (Å²) >= 11 is 0. The molecular weight excluding hydrogens is 454 g/mol. The Balaban J connectivity index is 3.19. The summed E-state index contributed by atoms with van der Waals surface area (Å²) in [6.07, 6.45) is 0.401. The summed E-state index contributed by atoms with van der Waals surface area (Å²) in [5.74, 6) is -2.00. The smallest absolute Gasteiger partial charge is 0.326 e. The second kappa shape index (κ2) is 13.8. The van der Waals surface area contributed by atoms with Crippen molar-refractivity contribution < 1.29 is 38.1 Å². The van der Waals surface area contributed by atoms with E-state index in [1.54, 1.807) is 19.9 Å². The molecule has 1 rings (SSSR count). The molecule has 196 valence electrons. The average molecular weight is 494 g/mol. The van der Waals surface area contributed by atoms with Gasteiger partial charge < -0.3 is 24.7 Å². The van der Waals surface area contributed by atoms with Gasteiger partial charge in [-0.25, -0.2) is 0 Å². The quantitative estimate of drug-likeness (QED) is 0.323. The lowest BCUT2D eigenvalue weighted by atomic mass is 9.88. The summed E-state index contributed by atoms with van der Waals surface area (Å²) in [5, 5.41) is 0. The first-order chi connectivity index (χ1) is 16.3. The van der Waals surface area contributed by atoms with Crippen molar-refractivity contribution in [3.05, 3.63) is 23.8 Å². The standard InChI is InChI=1S/C26H39NO8/c1-16(2)12-22(28)34-20-9-8-19(14-21(20)35-23(29)13-17(3)4)15-26(27,25(31)32-7)10-11-33-24(30)18(5)6/h8-9,14,16-18H,10-13,15,27H2,1-7H3/t26-/m1/s1. The molecule has 0 radical (unpaired) electrons. The second-order valence-electron chi connectivity index (χ2n) is 9.82. The number of esters is 4. The zero-order valence-corrected chi connectivity index (χ0v) is 21.8. The number of carbonyl (C=O) groups is 4. The summed E-state index contributed by atoms with van der Waals surface area (Å²) in [5.41, 5.74) is 5.42. The Morgan fingerprint density at radius 3 is 1.91 bits per heavy atom. The fourth-order valence-electron chi connectivity index (χ4n) is 3.15. The third kappa shape index (κ3) is 10.5. The third-order valence-electron chi connectivity index (χ3n) is 4.98. The van der Waals surface area contributed by atoms with Gasteiger partial charge in [-0.15, -0.1) is 0 Å². The topological polar surface area (TPSA) is 131 Å². The largest absolute Gasteiger partial charge is 0.468 e. The number of hydrogen-bond acceptors (Lipinski definition) is 9. The van der Waals surface area contributed by atoms with Gasteiger partial charge >= 0.3 is 23.9 Å². The van der Waals surface area contributed by atoms with Crippen molar-refractivity contribution in [1.29, 1.82) is 0 Å². The molecule has 0 heterocycles. The molecule has 0 aliphatic heterocycles. The van der Waals surface area contributed by atoms with E-state index >= 15 is 0 Å². The molecule has 0 spiro atoms. The van der Waals surface area contributed by atoms with Crippen LogP contribution in [0.5, 0.6) is 11.5 Å². The van der Waals surface area contributed by atoms with Crippen LogP contribution in [-0.4, -0.2) is 43.1 Å². The molecule has 1 atom stereocenters. The van der Waals surface area contributed by atoms with Crippen LogP contribution in [0.15, 0.2) is 18.2 Å². The number of hydrogen-bond donors (Lipinski definition) is 1.